The van der Waals surface area contributed by atoms with Crippen molar-refractivity contribution >= 4 is 0 Å². The van der Waals surface area contributed by atoms with E-state index < -0.39 is 0 Å². The maximum absolute atomic E-state index is 6.19. The van der Waals surface area contributed by atoms with Gasteiger partial charge in [-0.1, -0.05) is 13.0 Å². The zero-order valence-electron chi connectivity index (χ0n) is 10.3. The first-order valence-corrected chi connectivity index (χ1v) is 5.94. The summed E-state index contributed by atoms with van der Waals surface area (Å²) >= 11 is 0. The largest absolute Gasteiger partial charge is 0.469 e. The summed E-state index contributed by atoms with van der Waals surface area (Å²) in [6.45, 7) is 4.10. The highest BCUT2D eigenvalue weighted by Gasteiger charge is 2.13. The first kappa shape index (κ1) is 11.9. The second-order valence-electron chi connectivity index (χ2n) is 4.29. The van der Waals surface area contributed by atoms with Crippen molar-refractivity contribution < 1.29 is 4.42 Å². The lowest BCUT2D eigenvalue weighted by molar-refractivity contribution is 0.505. The highest BCUT2D eigenvalue weighted by atomic mass is 16.3. The van der Waals surface area contributed by atoms with Crippen molar-refractivity contribution in [1.29, 1.82) is 0 Å². The second kappa shape index (κ2) is 5.15. The molecule has 0 saturated heterocycles. The minimum absolute atomic E-state index is 0.0427. The average molecular weight is 230 g/mol. The van der Waals surface area contributed by atoms with Crippen LogP contribution in [0.15, 0.2) is 35.1 Å². The standard InChI is InChI=1S/C14H18N2O/c1-3-14-12(6-7-17-14)13(15)8-11-5-4-10(2)9-16-11/h4-7,9,13H,3,8,15H2,1-2H3. The Morgan fingerprint density at radius 1 is 1.35 bits per heavy atom. The molecule has 0 bridgehead atoms. The van der Waals surface area contributed by atoms with Crippen LogP contribution in [0.1, 0.15) is 35.5 Å². The quantitative estimate of drug-likeness (QED) is 0.878. The molecule has 3 heteroatoms. The van der Waals surface area contributed by atoms with Crippen LogP contribution in [0.3, 0.4) is 0 Å². The van der Waals surface area contributed by atoms with E-state index in [1.54, 1.807) is 6.26 Å². The number of hydrogen-bond acceptors (Lipinski definition) is 3. The number of nitrogens with two attached hydrogens (primary N) is 1. The van der Waals surface area contributed by atoms with Crippen molar-refractivity contribution in [2.75, 3.05) is 0 Å². The third-order valence-corrected chi connectivity index (χ3v) is 2.90. The number of furan rings is 1. The summed E-state index contributed by atoms with van der Waals surface area (Å²) in [5.41, 5.74) is 9.46. The van der Waals surface area contributed by atoms with Crippen molar-refractivity contribution in [3.05, 3.63) is 53.2 Å². The Kier molecular flexibility index (Phi) is 3.59. The van der Waals surface area contributed by atoms with Crippen molar-refractivity contribution in [1.82, 2.24) is 4.98 Å². The summed E-state index contributed by atoms with van der Waals surface area (Å²) in [5.74, 6) is 0.976. The van der Waals surface area contributed by atoms with Gasteiger partial charge in [0.05, 0.1) is 6.26 Å². The van der Waals surface area contributed by atoms with Gasteiger partial charge in [-0.15, -0.1) is 0 Å². The van der Waals surface area contributed by atoms with E-state index in [1.807, 2.05) is 25.3 Å². The molecular formula is C14H18N2O. The number of aryl methyl sites for hydroxylation is 2. The normalized spacial score (nSPS) is 12.6. The highest BCUT2D eigenvalue weighted by Crippen LogP contribution is 2.21. The second-order valence-corrected chi connectivity index (χ2v) is 4.29. The predicted molar refractivity (Wildman–Crippen MR) is 67.7 cm³/mol. The number of hydrogen-bond donors (Lipinski definition) is 1. The van der Waals surface area contributed by atoms with E-state index in [9.17, 15) is 0 Å². The molecule has 2 aromatic heterocycles. The molecule has 2 aromatic rings. The summed E-state index contributed by atoms with van der Waals surface area (Å²) in [6, 6.07) is 6.00. The number of rotatable bonds is 4. The molecule has 0 fully saturated rings. The van der Waals surface area contributed by atoms with Gasteiger partial charge in [-0.05, 0) is 24.6 Å². The van der Waals surface area contributed by atoms with Crippen LogP contribution in [0, 0.1) is 6.92 Å². The first-order valence-electron chi connectivity index (χ1n) is 5.94. The molecule has 0 amide bonds. The Hall–Kier alpha value is -1.61. The monoisotopic (exact) mass is 230 g/mol. The van der Waals surface area contributed by atoms with Crippen LogP contribution in [0.25, 0.3) is 0 Å². The topological polar surface area (TPSA) is 52.0 Å². The summed E-state index contributed by atoms with van der Waals surface area (Å²) in [4.78, 5) is 4.37. The van der Waals surface area contributed by atoms with E-state index in [2.05, 4.69) is 18.0 Å². The summed E-state index contributed by atoms with van der Waals surface area (Å²) in [7, 11) is 0. The average Bonchev–Trinajstić information content (AvgIpc) is 2.80. The molecule has 0 spiro atoms. The number of pyridine rings is 1. The van der Waals surface area contributed by atoms with Gasteiger partial charge in [0.25, 0.3) is 0 Å². The zero-order chi connectivity index (χ0) is 12.3. The fraction of sp³-hybridized carbons (Fsp3) is 0.357. The van der Waals surface area contributed by atoms with Gasteiger partial charge >= 0.3 is 0 Å². The molecule has 2 heterocycles. The maximum Gasteiger partial charge on any atom is 0.108 e. The van der Waals surface area contributed by atoms with Gasteiger partial charge in [0.2, 0.25) is 0 Å². The van der Waals surface area contributed by atoms with Gasteiger partial charge in [-0.25, -0.2) is 0 Å². The smallest absolute Gasteiger partial charge is 0.108 e. The van der Waals surface area contributed by atoms with E-state index in [0.29, 0.717) is 0 Å². The van der Waals surface area contributed by atoms with E-state index >= 15 is 0 Å². The summed E-state index contributed by atoms with van der Waals surface area (Å²) in [6.07, 6.45) is 5.19. The van der Waals surface area contributed by atoms with Crippen molar-refractivity contribution in [3.63, 3.8) is 0 Å². The molecule has 0 aliphatic heterocycles. The maximum atomic E-state index is 6.19. The molecule has 0 radical (unpaired) electrons. The van der Waals surface area contributed by atoms with Gasteiger partial charge in [0.15, 0.2) is 0 Å². The van der Waals surface area contributed by atoms with Crippen molar-refractivity contribution in [3.8, 4) is 0 Å². The Labute approximate surface area is 102 Å². The lowest BCUT2D eigenvalue weighted by atomic mass is 10.0. The Balaban J connectivity index is 2.11. The van der Waals surface area contributed by atoms with Gasteiger partial charge in [0.1, 0.15) is 5.76 Å². The molecule has 1 unspecified atom stereocenters. The minimum Gasteiger partial charge on any atom is -0.469 e. The molecule has 2 rings (SSSR count). The van der Waals surface area contributed by atoms with Gasteiger partial charge in [-0.2, -0.15) is 0 Å². The molecule has 0 aliphatic rings. The summed E-state index contributed by atoms with van der Waals surface area (Å²) in [5, 5.41) is 0. The molecule has 0 saturated carbocycles. The fourth-order valence-corrected chi connectivity index (χ4v) is 1.92. The minimum atomic E-state index is -0.0427. The Morgan fingerprint density at radius 2 is 2.18 bits per heavy atom. The number of aromatic nitrogens is 1. The number of nitrogens with zero attached hydrogens (tertiary/aromatic N) is 1. The van der Waals surface area contributed by atoms with E-state index in [0.717, 1.165) is 29.9 Å². The van der Waals surface area contributed by atoms with Crippen LogP contribution in [0.2, 0.25) is 0 Å². The lowest BCUT2D eigenvalue weighted by Crippen LogP contribution is -2.14. The molecule has 17 heavy (non-hydrogen) atoms. The van der Waals surface area contributed by atoms with Crippen LogP contribution in [-0.4, -0.2) is 4.98 Å². The summed E-state index contributed by atoms with van der Waals surface area (Å²) < 4.78 is 5.39. The van der Waals surface area contributed by atoms with Crippen molar-refractivity contribution in [2.45, 2.75) is 32.7 Å². The van der Waals surface area contributed by atoms with Crippen LogP contribution < -0.4 is 5.73 Å². The zero-order valence-corrected chi connectivity index (χ0v) is 10.3. The van der Waals surface area contributed by atoms with E-state index in [1.165, 1.54) is 5.56 Å². The van der Waals surface area contributed by atoms with Crippen LogP contribution >= 0.6 is 0 Å². The van der Waals surface area contributed by atoms with Crippen LogP contribution in [0.5, 0.6) is 0 Å². The van der Waals surface area contributed by atoms with Gasteiger partial charge in [-0.3, -0.25) is 4.98 Å². The molecule has 90 valence electrons. The first-order chi connectivity index (χ1) is 8.20. The van der Waals surface area contributed by atoms with Crippen LogP contribution in [-0.2, 0) is 12.8 Å². The predicted octanol–water partition coefficient (Wildman–Crippen LogP) is 2.79. The lowest BCUT2D eigenvalue weighted by Gasteiger charge is -2.11. The molecule has 1 atom stereocenters. The van der Waals surface area contributed by atoms with Crippen molar-refractivity contribution in [2.24, 2.45) is 5.73 Å². The van der Waals surface area contributed by atoms with E-state index in [4.69, 9.17) is 10.2 Å². The SMILES string of the molecule is CCc1occc1C(N)Cc1ccc(C)cn1. The molecule has 0 aromatic carbocycles. The molecular weight excluding hydrogens is 212 g/mol. The fourth-order valence-electron chi connectivity index (χ4n) is 1.92. The van der Waals surface area contributed by atoms with Gasteiger partial charge < -0.3 is 10.2 Å². The van der Waals surface area contributed by atoms with Crippen LogP contribution in [0.4, 0.5) is 0 Å². The Bertz CT molecular complexity index is 473. The third kappa shape index (κ3) is 2.74. The molecule has 3 nitrogen and oxygen atoms in total. The Morgan fingerprint density at radius 3 is 2.82 bits per heavy atom. The van der Waals surface area contributed by atoms with E-state index in [-0.39, 0.29) is 6.04 Å². The third-order valence-electron chi connectivity index (χ3n) is 2.90. The highest BCUT2D eigenvalue weighted by molar-refractivity contribution is 5.23. The van der Waals surface area contributed by atoms with Gasteiger partial charge in [0, 0.05) is 36.3 Å². The molecule has 0 aliphatic carbocycles. The molecule has 2 N–H and O–H groups in total.